The average Bonchev–Trinajstić information content (AvgIpc) is 2.79. The van der Waals surface area contributed by atoms with Gasteiger partial charge in [0.1, 0.15) is 5.69 Å². The van der Waals surface area contributed by atoms with Gasteiger partial charge in [-0.2, -0.15) is 4.98 Å². The van der Waals surface area contributed by atoms with Crippen LogP contribution in [0.2, 0.25) is 5.02 Å². The molecule has 0 atom stereocenters. The molecule has 17 heavy (non-hydrogen) atoms. The zero-order chi connectivity index (χ0) is 12.3. The van der Waals surface area contributed by atoms with Gasteiger partial charge in [-0.05, 0) is 24.2 Å². The number of hydrogen-bond donors (Lipinski definition) is 0. The Labute approximate surface area is 102 Å². The summed E-state index contributed by atoms with van der Waals surface area (Å²) >= 11 is 5.90. The molecule has 0 spiro atoms. The minimum atomic E-state index is -0.644. The van der Waals surface area contributed by atoms with E-state index >= 15 is 0 Å². The van der Waals surface area contributed by atoms with Crippen LogP contribution in [-0.2, 0) is 4.74 Å². The predicted octanol–water partition coefficient (Wildman–Crippen LogP) is 1.96. The van der Waals surface area contributed by atoms with E-state index in [4.69, 9.17) is 20.9 Å². The largest absolute Gasteiger partial charge is 0.460 e. The lowest BCUT2D eigenvalue weighted by Gasteiger charge is -1.95. The SMILES string of the molecule is CCOC(=O)c1noc(-c2ncccc2Cl)n1. The number of halogens is 1. The minimum Gasteiger partial charge on any atom is -0.460 e. The summed E-state index contributed by atoms with van der Waals surface area (Å²) in [5, 5.41) is 3.86. The number of carbonyl (C=O) groups excluding carboxylic acids is 1. The molecule has 0 bridgehead atoms. The van der Waals surface area contributed by atoms with Gasteiger partial charge in [0.05, 0.1) is 11.6 Å². The number of ether oxygens (including phenoxy) is 1. The lowest BCUT2D eigenvalue weighted by molar-refractivity contribution is 0.0508. The van der Waals surface area contributed by atoms with Gasteiger partial charge in [0.25, 0.3) is 11.7 Å². The first-order valence-corrected chi connectivity index (χ1v) is 5.22. The highest BCUT2D eigenvalue weighted by Crippen LogP contribution is 2.23. The van der Waals surface area contributed by atoms with Crippen molar-refractivity contribution in [2.45, 2.75) is 6.92 Å². The van der Waals surface area contributed by atoms with Crippen molar-refractivity contribution in [3.05, 3.63) is 29.2 Å². The van der Waals surface area contributed by atoms with Crippen LogP contribution in [0.5, 0.6) is 0 Å². The quantitative estimate of drug-likeness (QED) is 0.778. The van der Waals surface area contributed by atoms with Gasteiger partial charge < -0.3 is 9.26 Å². The molecule has 2 heterocycles. The number of hydrogen-bond acceptors (Lipinski definition) is 6. The molecule has 88 valence electrons. The molecule has 0 radical (unpaired) electrons. The Morgan fingerprint density at radius 2 is 2.41 bits per heavy atom. The van der Waals surface area contributed by atoms with Crippen molar-refractivity contribution in [1.29, 1.82) is 0 Å². The maximum Gasteiger partial charge on any atom is 0.379 e. The van der Waals surface area contributed by atoms with Crippen molar-refractivity contribution in [3.8, 4) is 11.6 Å². The zero-order valence-corrected chi connectivity index (χ0v) is 9.64. The maximum absolute atomic E-state index is 11.3. The highest BCUT2D eigenvalue weighted by atomic mass is 35.5. The number of carbonyl (C=O) groups is 1. The van der Waals surface area contributed by atoms with E-state index in [1.165, 1.54) is 6.20 Å². The van der Waals surface area contributed by atoms with Crippen LogP contribution in [0.1, 0.15) is 17.5 Å². The molecule has 0 aliphatic rings. The molecule has 0 aliphatic carbocycles. The molecule has 0 fully saturated rings. The highest BCUT2D eigenvalue weighted by molar-refractivity contribution is 6.32. The Balaban J connectivity index is 2.30. The number of nitrogens with zero attached hydrogens (tertiary/aromatic N) is 3. The second kappa shape index (κ2) is 4.92. The van der Waals surface area contributed by atoms with Crippen molar-refractivity contribution in [1.82, 2.24) is 15.1 Å². The van der Waals surface area contributed by atoms with E-state index < -0.39 is 5.97 Å². The molecule has 0 saturated carbocycles. The lowest BCUT2D eigenvalue weighted by atomic mass is 10.3. The lowest BCUT2D eigenvalue weighted by Crippen LogP contribution is -2.06. The summed E-state index contributed by atoms with van der Waals surface area (Å²) in [6, 6.07) is 3.31. The topological polar surface area (TPSA) is 78.1 Å². The molecule has 2 rings (SSSR count). The summed E-state index contributed by atoms with van der Waals surface area (Å²) in [7, 11) is 0. The van der Waals surface area contributed by atoms with Gasteiger partial charge in [0.15, 0.2) is 0 Å². The van der Waals surface area contributed by atoms with Crippen molar-refractivity contribution in [2.24, 2.45) is 0 Å². The first-order valence-electron chi connectivity index (χ1n) is 4.84. The van der Waals surface area contributed by atoms with Gasteiger partial charge in [-0.25, -0.2) is 9.78 Å². The Morgan fingerprint density at radius 3 is 3.12 bits per heavy atom. The third-order valence-electron chi connectivity index (χ3n) is 1.85. The van der Waals surface area contributed by atoms with E-state index in [1.807, 2.05) is 0 Å². The van der Waals surface area contributed by atoms with Crippen LogP contribution in [0, 0.1) is 0 Å². The van der Waals surface area contributed by atoms with Crippen LogP contribution in [0.3, 0.4) is 0 Å². The fourth-order valence-corrected chi connectivity index (χ4v) is 1.34. The Kier molecular flexibility index (Phi) is 3.34. The third-order valence-corrected chi connectivity index (χ3v) is 2.15. The van der Waals surface area contributed by atoms with E-state index in [2.05, 4.69) is 15.1 Å². The Morgan fingerprint density at radius 1 is 1.59 bits per heavy atom. The second-order valence-electron chi connectivity index (χ2n) is 2.98. The molecule has 0 amide bonds. The van der Waals surface area contributed by atoms with Gasteiger partial charge in [-0.15, -0.1) is 0 Å². The molecule has 2 aromatic heterocycles. The predicted molar refractivity (Wildman–Crippen MR) is 58.5 cm³/mol. The number of aromatic nitrogens is 3. The van der Waals surface area contributed by atoms with Crippen molar-refractivity contribution in [2.75, 3.05) is 6.61 Å². The molecule has 0 N–H and O–H groups in total. The molecule has 0 aromatic carbocycles. The maximum atomic E-state index is 11.3. The molecule has 7 heteroatoms. The van der Waals surface area contributed by atoms with Crippen LogP contribution in [-0.4, -0.2) is 27.7 Å². The fraction of sp³-hybridized carbons (Fsp3) is 0.200. The summed E-state index contributed by atoms with van der Waals surface area (Å²) in [5.41, 5.74) is 0.331. The van der Waals surface area contributed by atoms with Crippen LogP contribution in [0.4, 0.5) is 0 Å². The van der Waals surface area contributed by atoms with E-state index in [0.29, 0.717) is 10.7 Å². The fourth-order valence-electron chi connectivity index (χ4n) is 1.14. The van der Waals surface area contributed by atoms with Crippen LogP contribution < -0.4 is 0 Å². The van der Waals surface area contributed by atoms with Gasteiger partial charge in [0, 0.05) is 6.20 Å². The minimum absolute atomic E-state index is 0.0821. The molecule has 0 aliphatic heterocycles. The Bertz CT molecular complexity index is 541. The molecular weight excluding hydrogens is 246 g/mol. The zero-order valence-electron chi connectivity index (χ0n) is 8.88. The van der Waals surface area contributed by atoms with Gasteiger partial charge in [0.2, 0.25) is 0 Å². The monoisotopic (exact) mass is 253 g/mol. The highest BCUT2D eigenvalue weighted by Gasteiger charge is 2.18. The van der Waals surface area contributed by atoms with Crippen molar-refractivity contribution >= 4 is 17.6 Å². The normalized spacial score (nSPS) is 10.2. The van der Waals surface area contributed by atoms with Crippen molar-refractivity contribution < 1.29 is 14.1 Å². The number of esters is 1. The number of pyridine rings is 1. The van der Waals surface area contributed by atoms with Crippen molar-refractivity contribution in [3.63, 3.8) is 0 Å². The van der Waals surface area contributed by atoms with E-state index in [-0.39, 0.29) is 18.3 Å². The standard InChI is InChI=1S/C10H8ClN3O3/c1-2-16-10(15)8-13-9(17-14-8)7-6(11)4-3-5-12-7/h3-5H,2H2,1H3. The summed E-state index contributed by atoms with van der Waals surface area (Å²) < 4.78 is 9.62. The average molecular weight is 254 g/mol. The van der Waals surface area contributed by atoms with E-state index in [0.717, 1.165) is 0 Å². The summed E-state index contributed by atoms with van der Waals surface area (Å²) in [6.07, 6.45) is 1.54. The first-order chi connectivity index (χ1) is 8.22. The molecule has 0 unspecified atom stereocenters. The van der Waals surface area contributed by atoms with Crippen LogP contribution in [0.25, 0.3) is 11.6 Å². The second-order valence-corrected chi connectivity index (χ2v) is 3.38. The molecule has 2 aromatic rings. The van der Waals surface area contributed by atoms with Gasteiger partial charge in [-0.1, -0.05) is 11.6 Å². The molecule has 6 nitrogen and oxygen atoms in total. The third kappa shape index (κ3) is 2.42. The van der Waals surface area contributed by atoms with Gasteiger partial charge in [-0.3, -0.25) is 0 Å². The van der Waals surface area contributed by atoms with E-state index in [9.17, 15) is 4.79 Å². The van der Waals surface area contributed by atoms with Crippen LogP contribution >= 0.6 is 11.6 Å². The molecular formula is C10H8ClN3O3. The summed E-state index contributed by atoms with van der Waals surface area (Å²) in [5.74, 6) is -0.711. The van der Waals surface area contributed by atoms with Gasteiger partial charge >= 0.3 is 5.97 Å². The van der Waals surface area contributed by atoms with E-state index in [1.54, 1.807) is 19.1 Å². The summed E-state index contributed by atoms with van der Waals surface area (Å²) in [4.78, 5) is 19.2. The Hall–Kier alpha value is -1.95. The number of rotatable bonds is 3. The van der Waals surface area contributed by atoms with Crippen LogP contribution in [0.15, 0.2) is 22.9 Å². The first kappa shape index (κ1) is 11.5. The summed E-state index contributed by atoms with van der Waals surface area (Å²) in [6.45, 7) is 1.93. The molecule has 0 saturated heterocycles. The smallest absolute Gasteiger partial charge is 0.379 e.